The van der Waals surface area contributed by atoms with Crippen LogP contribution in [0, 0.1) is 11.7 Å². The van der Waals surface area contributed by atoms with Crippen LogP contribution in [0.3, 0.4) is 0 Å². The van der Waals surface area contributed by atoms with Gasteiger partial charge < -0.3 is 10.2 Å². The Labute approximate surface area is 124 Å². The number of likely N-dealkylation sites (tertiary alicyclic amines) is 1. The smallest absolute Gasteiger partial charge is 0.254 e. The van der Waals surface area contributed by atoms with Gasteiger partial charge in [0.1, 0.15) is 11.4 Å². The van der Waals surface area contributed by atoms with E-state index in [9.17, 15) is 14.0 Å². The average molecular weight is 292 g/mol. The van der Waals surface area contributed by atoms with E-state index in [1.807, 2.05) is 13.8 Å². The fourth-order valence-electron chi connectivity index (χ4n) is 2.39. The summed E-state index contributed by atoms with van der Waals surface area (Å²) in [6.07, 6.45) is 0.623. The third-order valence-electron chi connectivity index (χ3n) is 3.89. The molecule has 1 aromatic carbocycles. The van der Waals surface area contributed by atoms with Gasteiger partial charge in [-0.2, -0.15) is 0 Å². The van der Waals surface area contributed by atoms with E-state index in [0.29, 0.717) is 25.4 Å². The molecule has 1 aliphatic heterocycles. The average Bonchev–Trinajstić information content (AvgIpc) is 2.42. The zero-order valence-electron chi connectivity index (χ0n) is 12.6. The van der Waals surface area contributed by atoms with Crippen molar-refractivity contribution in [1.29, 1.82) is 0 Å². The van der Waals surface area contributed by atoms with E-state index < -0.39 is 11.4 Å². The Morgan fingerprint density at radius 2 is 2.14 bits per heavy atom. The lowest BCUT2D eigenvalue weighted by atomic mass is 9.84. The quantitative estimate of drug-likeness (QED) is 0.925. The molecule has 5 heteroatoms. The molecule has 0 spiro atoms. The van der Waals surface area contributed by atoms with Crippen LogP contribution in [-0.4, -0.2) is 35.3 Å². The van der Waals surface area contributed by atoms with Crippen LogP contribution in [0.1, 0.15) is 37.6 Å². The highest BCUT2D eigenvalue weighted by Gasteiger charge is 2.49. The summed E-state index contributed by atoms with van der Waals surface area (Å²) >= 11 is 0. The van der Waals surface area contributed by atoms with E-state index >= 15 is 0 Å². The van der Waals surface area contributed by atoms with Gasteiger partial charge in [0.15, 0.2) is 0 Å². The zero-order chi connectivity index (χ0) is 15.6. The Bertz CT molecular complexity index is 559. The van der Waals surface area contributed by atoms with Crippen LogP contribution in [-0.2, 0) is 4.79 Å². The van der Waals surface area contributed by atoms with Gasteiger partial charge in [-0.3, -0.25) is 9.59 Å². The van der Waals surface area contributed by atoms with Crippen LogP contribution in [0.2, 0.25) is 0 Å². The summed E-state index contributed by atoms with van der Waals surface area (Å²) in [5.74, 6) is -0.549. The van der Waals surface area contributed by atoms with Crippen LogP contribution in [0.4, 0.5) is 4.39 Å². The summed E-state index contributed by atoms with van der Waals surface area (Å²) in [6, 6.07) is 5.56. The highest BCUT2D eigenvalue weighted by Crippen LogP contribution is 2.32. The highest BCUT2D eigenvalue weighted by atomic mass is 19.1. The SMILES string of the molecule is CC(C)CNC(=O)C1(C)CCN1C(=O)c1cccc(F)c1. The lowest BCUT2D eigenvalue weighted by Gasteiger charge is -2.49. The van der Waals surface area contributed by atoms with E-state index in [1.54, 1.807) is 13.0 Å². The normalized spacial score (nSPS) is 21.1. The van der Waals surface area contributed by atoms with Gasteiger partial charge in [-0.1, -0.05) is 19.9 Å². The summed E-state index contributed by atoms with van der Waals surface area (Å²) in [7, 11) is 0. The maximum atomic E-state index is 13.2. The summed E-state index contributed by atoms with van der Waals surface area (Å²) in [4.78, 5) is 26.2. The molecule has 2 amide bonds. The van der Waals surface area contributed by atoms with Crippen LogP contribution in [0.15, 0.2) is 24.3 Å². The van der Waals surface area contributed by atoms with Crippen molar-refractivity contribution in [2.45, 2.75) is 32.7 Å². The van der Waals surface area contributed by atoms with Gasteiger partial charge in [-0.15, -0.1) is 0 Å². The molecule has 2 rings (SSSR count). The topological polar surface area (TPSA) is 49.4 Å². The van der Waals surface area contributed by atoms with Crippen molar-refractivity contribution in [2.75, 3.05) is 13.1 Å². The number of amides is 2. The molecule has 114 valence electrons. The third-order valence-corrected chi connectivity index (χ3v) is 3.89. The van der Waals surface area contributed by atoms with Crippen molar-refractivity contribution in [3.05, 3.63) is 35.6 Å². The van der Waals surface area contributed by atoms with Crippen molar-refractivity contribution in [2.24, 2.45) is 5.92 Å². The molecular formula is C16H21FN2O2. The molecule has 0 aliphatic carbocycles. The van der Waals surface area contributed by atoms with Gasteiger partial charge >= 0.3 is 0 Å². The predicted molar refractivity (Wildman–Crippen MR) is 78.3 cm³/mol. The minimum absolute atomic E-state index is 0.146. The van der Waals surface area contributed by atoms with E-state index in [1.165, 1.54) is 23.1 Å². The number of hydrogen-bond donors (Lipinski definition) is 1. The van der Waals surface area contributed by atoms with Crippen molar-refractivity contribution in [3.8, 4) is 0 Å². The largest absolute Gasteiger partial charge is 0.354 e. The molecule has 0 aromatic heterocycles. The summed E-state index contributed by atoms with van der Waals surface area (Å²) in [6.45, 7) is 6.87. The maximum absolute atomic E-state index is 13.2. The summed E-state index contributed by atoms with van der Waals surface area (Å²) < 4.78 is 13.2. The van der Waals surface area contributed by atoms with E-state index in [4.69, 9.17) is 0 Å². The molecule has 1 heterocycles. The second-order valence-electron chi connectivity index (χ2n) is 6.09. The Balaban J connectivity index is 2.10. The predicted octanol–water partition coefficient (Wildman–Crippen LogP) is 2.20. The second-order valence-corrected chi connectivity index (χ2v) is 6.09. The zero-order valence-corrected chi connectivity index (χ0v) is 12.6. The maximum Gasteiger partial charge on any atom is 0.254 e. The molecule has 1 saturated heterocycles. The number of rotatable bonds is 4. The first-order valence-corrected chi connectivity index (χ1v) is 7.20. The lowest BCUT2D eigenvalue weighted by molar-refractivity contribution is -0.137. The molecule has 0 bridgehead atoms. The molecular weight excluding hydrogens is 271 g/mol. The Hall–Kier alpha value is -1.91. The Kier molecular flexibility index (Phi) is 4.30. The fourth-order valence-corrected chi connectivity index (χ4v) is 2.39. The summed E-state index contributed by atoms with van der Waals surface area (Å²) in [5.41, 5.74) is -0.559. The van der Waals surface area contributed by atoms with E-state index in [-0.39, 0.29) is 17.4 Å². The molecule has 1 fully saturated rings. The third kappa shape index (κ3) is 3.06. The minimum Gasteiger partial charge on any atom is -0.354 e. The Morgan fingerprint density at radius 1 is 1.43 bits per heavy atom. The number of nitrogens with one attached hydrogen (secondary N) is 1. The summed E-state index contributed by atoms with van der Waals surface area (Å²) in [5, 5.41) is 2.87. The standard InChI is InChI=1S/C16H21FN2O2/c1-11(2)10-18-15(21)16(3)7-8-19(16)14(20)12-5-4-6-13(17)9-12/h4-6,9,11H,7-8,10H2,1-3H3,(H,18,21). The van der Waals surface area contributed by atoms with Gasteiger partial charge in [-0.25, -0.2) is 4.39 Å². The lowest BCUT2D eigenvalue weighted by Crippen LogP contribution is -2.67. The van der Waals surface area contributed by atoms with Crippen LogP contribution in [0.25, 0.3) is 0 Å². The van der Waals surface area contributed by atoms with Crippen molar-refractivity contribution in [3.63, 3.8) is 0 Å². The molecule has 1 aromatic rings. The molecule has 21 heavy (non-hydrogen) atoms. The van der Waals surface area contributed by atoms with E-state index in [0.717, 1.165) is 0 Å². The number of carbonyl (C=O) groups excluding carboxylic acids is 2. The Morgan fingerprint density at radius 3 is 2.67 bits per heavy atom. The monoisotopic (exact) mass is 292 g/mol. The van der Waals surface area contributed by atoms with Crippen molar-refractivity contribution < 1.29 is 14.0 Å². The molecule has 1 atom stereocenters. The molecule has 1 aliphatic rings. The fraction of sp³-hybridized carbons (Fsp3) is 0.500. The van der Waals surface area contributed by atoms with Crippen molar-refractivity contribution >= 4 is 11.8 Å². The van der Waals surface area contributed by atoms with Gasteiger partial charge in [0, 0.05) is 18.7 Å². The van der Waals surface area contributed by atoms with Crippen LogP contribution in [0.5, 0.6) is 0 Å². The number of nitrogens with zero attached hydrogens (tertiary/aromatic N) is 1. The highest BCUT2D eigenvalue weighted by molar-refractivity contribution is 6.00. The first-order chi connectivity index (χ1) is 9.84. The molecule has 0 saturated carbocycles. The molecule has 1 unspecified atom stereocenters. The number of carbonyl (C=O) groups is 2. The molecule has 4 nitrogen and oxygen atoms in total. The minimum atomic E-state index is -0.835. The van der Waals surface area contributed by atoms with Gasteiger partial charge in [0.25, 0.3) is 5.91 Å². The van der Waals surface area contributed by atoms with Crippen LogP contribution >= 0.6 is 0 Å². The number of halogens is 1. The van der Waals surface area contributed by atoms with Crippen LogP contribution < -0.4 is 5.32 Å². The number of benzene rings is 1. The number of hydrogen-bond acceptors (Lipinski definition) is 2. The second kappa shape index (κ2) is 5.84. The van der Waals surface area contributed by atoms with Gasteiger partial charge in [-0.05, 0) is 37.5 Å². The first kappa shape index (κ1) is 15.5. The van der Waals surface area contributed by atoms with E-state index in [2.05, 4.69) is 5.32 Å². The van der Waals surface area contributed by atoms with Gasteiger partial charge in [0.2, 0.25) is 5.91 Å². The first-order valence-electron chi connectivity index (χ1n) is 7.20. The van der Waals surface area contributed by atoms with Crippen molar-refractivity contribution in [1.82, 2.24) is 10.2 Å². The van der Waals surface area contributed by atoms with Gasteiger partial charge in [0.05, 0.1) is 0 Å². The molecule has 0 radical (unpaired) electrons. The molecule has 1 N–H and O–H groups in total.